The maximum Gasteiger partial charge on any atom is 0.244 e. The van der Waals surface area contributed by atoms with Crippen LogP contribution in [-0.2, 0) is 21.2 Å². The molecule has 4 rings (SSSR count). The van der Waals surface area contributed by atoms with E-state index in [0.717, 1.165) is 5.75 Å². The van der Waals surface area contributed by atoms with Crippen molar-refractivity contribution in [3.8, 4) is 5.75 Å². The van der Waals surface area contributed by atoms with Crippen LogP contribution in [0.2, 0.25) is 0 Å². The molecule has 0 fully saturated rings. The van der Waals surface area contributed by atoms with Crippen LogP contribution in [0.4, 0.5) is 5.69 Å². The van der Waals surface area contributed by atoms with Gasteiger partial charge in [0.25, 0.3) is 0 Å². The molecule has 4 aromatic rings. The van der Waals surface area contributed by atoms with E-state index in [2.05, 4.69) is 5.32 Å². The third-order valence-corrected chi connectivity index (χ3v) is 6.66. The summed E-state index contributed by atoms with van der Waals surface area (Å²) >= 11 is 0. The van der Waals surface area contributed by atoms with Gasteiger partial charge in [-0.1, -0.05) is 36.4 Å². The van der Waals surface area contributed by atoms with Gasteiger partial charge in [0.1, 0.15) is 12.3 Å². The number of fused-ring (bicyclic) bond motifs is 1. The molecule has 0 saturated heterocycles. The van der Waals surface area contributed by atoms with Gasteiger partial charge in [0.2, 0.25) is 15.7 Å². The first-order valence-corrected chi connectivity index (χ1v) is 11.4. The van der Waals surface area contributed by atoms with Crippen molar-refractivity contribution < 1.29 is 17.9 Å². The molecular weight excluding hydrogens is 412 g/mol. The summed E-state index contributed by atoms with van der Waals surface area (Å²) in [6, 6.07) is 22.6. The SMILES string of the molecule is CCOc1ccc(NC(=O)Cn2cc(S(=O)(=O)c3ccccc3)c3ccccc32)cc1. The van der Waals surface area contributed by atoms with Crippen molar-refractivity contribution in [1.82, 2.24) is 4.57 Å². The number of hydrogen-bond acceptors (Lipinski definition) is 4. The molecule has 3 aromatic carbocycles. The van der Waals surface area contributed by atoms with E-state index in [4.69, 9.17) is 4.74 Å². The number of benzene rings is 3. The van der Waals surface area contributed by atoms with Crippen LogP contribution >= 0.6 is 0 Å². The van der Waals surface area contributed by atoms with E-state index in [1.807, 2.05) is 19.1 Å². The molecule has 1 aromatic heterocycles. The van der Waals surface area contributed by atoms with Crippen molar-refractivity contribution in [3.63, 3.8) is 0 Å². The lowest BCUT2D eigenvalue weighted by molar-refractivity contribution is -0.116. The topological polar surface area (TPSA) is 77.4 Å². The maximum atomic E-state index is 13.2. The fourth-order valence-corrected chi connectivity index (χ4v) is 4.94. The molecule has 158 valence electrons. The van der Waals surface area contributed by atoms with Crippen molar-refractivity contribution in [2.75, 3.05) is 11.9 Å². The first kappa shape index (κ1) is 20.7. The van der Waals surface area contributed by atoms with Crippen molar-refractivity contribution in [2.24, 2.45) is 0 Å². The number of sulfone groups is 1. The largest absolute Gasteiger partial charge is 0.494 e. The molecule has 0 bridgehead atoms. The second kappa shape index (κ2) is 8.65. The number of carbonyl (C=O) groups excluding carboxylic acids is 1. The van der Waals surface area contributed by atoms with Gasteiger partial charge in [0.15, 0.2) is 0 Å². The van der Waals surface area contributed by atoms with E-state index < -0.39 is 9.84 Å². The zero-order valence-electron chi connectivity index (χ0n) is 17.0. The Labute approximate surface area is 181 Å². The van der Waals surface area contributed by atoms with E-state index in [1.54, 1.807) is 71.3 Å². The summed E-state index contributed by atoms with van der Waals surface area (Å²) in [6.45, 7) is 2.46. The van der Waals surface area contributed by atoms with E-state index in [0.29, 0.717) is 23.2 Å². The molecular formula is C24H22N2O4S. The van der Waals surface area contributed by atoms with Crippen molar-refractivity contribution in [3.05, 3.63) is 85.1 Å². The van der Waals surface area contributed by atoms with E-state index in [1.165, 1.54) is 6.20 Å². The summed E-state index contributed by atoms with van der Waals surface area (Å²) in [5, 5.41) is 3.42. The lowest BCUT2D eigenvalue weighted by Gasteiger charge is -2.08. The zero-order chi connectivity index (χ0) is 21.8. The van der Waals surface area contributed by atoms with Gasteiger partial charge in [0.05, 0.1) is 16.4 Å². The average molecular weight is 435 g/mol. The summed E-state index contributed by atoms with van der Waals surface area (Å²) < 4.78 is 33.5. The van der Waals surface area contributed by atoms with E-state index >= 15 is 0 Å². The van der Waals surface area contributed by atoms with Crippen LogP contribution < -0.4 is 10.1 Å². The highest BCUT2D eigenvalue weighted by molar-refractivity contribution is 7.91. The monoisotopic (exact) mass is 434 g/mol. The number of rotatable bonds is 7. The Bertz CT molecular complexity index is 1310. The number of amides is 1. The molecule has 0 aliphatic carbocycles. The second-order valence-corrected chi connectivity index (χ2v) is 8.88. The molecule has 31 heavy (non-hydrogen) atoms. The number of carbonyl (C=O) groups is 1. The first-order valence-electron chi connectivity index (χ1n) is 9.90. The first-order chi connectivity index (χ1) is 15.0. The third kappa shape index (κ3) is 4.32. The fourth-order valence-electron chi connectivity index (χ4n) is 3.44. The number of anilines is 1. The molecule has 1 heterocycles. The van der Waals surface area contributed by atoms with Gasteiger partial charge in [-0.05, 0) is 49.4 Å². The Morgan fingerprint density at radius 2 is 1.61 bits per heavy atom. The molecule has 7 heteroatoms. The zero-order valence-corrected chi connectivity index (χ0v) is 17.8. The molecule has 1 amide bonds. The maximum absolute atomic E-state index is 13.2. The Morgan fingerprint density at radius 3 is 2.32 bits per heavy atom. The number of ether oxygens (including phenoxy) is 1. The minimum absolute atomic E-state index is 0.0158. The smallest absolute Gasteiger partial charge is 0.244 e. The molecule has 0 aliphatic rings. The van der Waals surface area contributed by atoms with Crippen molar-refractivity contribution >= 4 is 32.3 Å². The number of hydrogen-bond donors (Lipinski definition) is 1. The molecule has 0 unspecified atom stereocenters. The predicted molar refractivity (Wildman–Crippen MR) is 120 cm³/mol. The summed E-state index contributed by atoms with van der Waals surface area (Å²) in [7, 11) is -3.72. The Hall–Kier alpha value is -3.58. The van der Waals surface area contributed by atoms with Crippen LogP contribution in [0.15, 0.2) is 94.9 Å². The van der Waals surface area contributed by atoms with Gasteiger partial charge in [-0.3, -0.25) is 4.79 Å². The quantitative estimate of drug-likeness (QED) is 0.464. The average Bonchev–Trinajstić information content (AvgIpc) is 3.15. The summed E-state index contributed by atoms with van der Waals surface area (Å²) in [6.07, 6.45) is 1.53. The van der Waals surface area contributed by atoms with Gasteiger partial charge in [-0.2, -0.15) is 0 Å². The second-order valence-electron chi connectivity index (χ2n) is 6.96. The number of nitrogens with one attached hydrogen (secondary N) is 1. The highest BCUT2D eigenvalue weighted by atomic mass is 32.2. The molecule has 0 aliphatic heterocycles. The van der Waals surface area contributed by atoms with Crippen LogP contribution in [0.3, 0.4) is 0 Å². The van der Waals surface area contributed by atoms with Gasteiger partial charge in [0, 0.05) is 22.8 Å². The summed E-state index contributed by atoms with van der Waals surface area (Å²) in [4.78, 5) is 13.1. The van der Waals surface area contributed by atoms with Crippen LogP contribution in [0.5, 0.6) is 5.75 Å². The van der Waals surface area contributed by atoms with Gasteiger partial charge in [-0.15, -0.1) is 0 Å². The lowest BCUT2D eigenvalue weighted by atomic mass is 10.2. The number of para-hydroxylation sites is 1. The fraction of sp³-hybridized carbons (Fsp3) is 0.125. The molecule has 0 saturated carbocycles. The minimum Gasteiger partial charge on any atom is -0.494 e. The highest BCUT2D eigenvalue weighted by Crippen LogP contribution is 2.30. The van der Waals surface area contributed by atoms with Gasteiger partial charge >= 0.3 is 0 Å². The van der Waals surface area contributed by atoms with Crippen LogP contribution in [0.1, 0.15) is 6.92 Å². The predicted octanol–water partition coefficient (Wildman–Crippen LogP) is 4.51. The molecule has 6 nitrogen and oxygen atoms in total. The van der Waals surface area contributed by atoms with Crippen LogP contribution in [0.25, 0.3) is 10.9 Å². The standard InChI is InChI=1S/C24H22N2O4S/c1-2-30-19-14-12-18(13-15-19)25-24(27)17-26-16-23(21-10-6-7-11-22(21)26)31(28,29)20-8-4-3-5-9-20/h3-16H,2,17H2,1H3,(H,25,27). The summed E-state index contributed by atoms with van der Waals surface area (Å²) in [5.74, 6) is 0.473. The number of nitrogens with zero attached hydrogens (tertiary/aromatic N) is 1. The molecule has 0 atom stereocenters. The lowest BCUT2D eigenvalue weighted by Crippen LogP contribution is -2.18. The van der Waals surface area contributed by atoms with Crippen LogP contribution in [-0.4, -0.2) is 25.5 Å². The Kier molecular flexibility index (Phi) is 5.77. The Morgan fingerprint density at radius 1 is 0.935 bits per heavy atom. The third-order valence-electron chi connectivity index (χ3n) is 4.86. The Balaban J connectivity index is 1.62. The van der Waals surface area contributed by atoms with Gasteiger partial charge in [-0.25, -0.2) is 8.42 Å². The minimum atomic E-state index is -3.72. The molecule has 0 radical (unpaired) electrons. The van der Waals surface area contributed by atoms with E-state index in [9.17, 15) is 13.2 Å². The highest BCUT2D eigenvalue weighted by Gasteiger charge is 2.23. The van der Waals surface area contributed by atoms with E-state index in [-0.39, 0.29) is 22.2 Å². The number of aromatic nitrogens is 1. The summed E-state index contributed by atoms with van der Waals surface area (Å²) in [5.41, 5.74) is 1.32. The molecule has 1 N–H and O–H groups in total. The van der Waals surface area contributed by atoms with Crippen molar-refractivity contribution in [2.45, 2.75) is 23.3 Å². The normalized spacial score (nSPS) is 11.4. The van der Waals surface area contributed by atoms with Gasteiger partial charge < -0.3 is 14.6 Å². The molecule has 0 spiro atoms. The van der Waals surface area contributed by atoms with Crippen molar-refractivity contribution in [1.29, 1.82) is 0 Å². The van der Waals surface area contributed by atoms with Crippen LogP contribution in [0, 0.1) is 0 Å².